The van der Waals surface area contributed by atoms with E-state index in [2.05, 4.69) is 18.5 Å². The van der Waals surface area contributed by atoms with Gasteiger partial charge in [-0.05, 0) is 31.6 Å². The first-order valence-electron chi connectivity index (χ1n) is 6.89. The molecule has 1 aromatic rings. The number of hydrogen-bond donors (Lipinski definition) is 2. The number of thioether (sulfide) groups is 1. The fraction of sp³-hybridized carbons (Fsp3) is 0.643. The minimum Gasteiger partial charge on any atom is -0.397 e. The lowest BCUT2D eigenvalue weighted by Crippen LogP contribution is -2.45. The number of carbonyl (C=O) groups excluding carboxylic acids is 1. The maximum absolute atomic E-state index is 12.3. The Balaban J connectivity index is 1.99. The third-order valence-electron chi connectivity index (χ3n) is 3.88. The van der Waals surface area contributed by atoms with E-state index in [-0.39, 0.29) is 10.7 Å². The quantitative estimate of drug-likeness (QED) is 0.842. The molecule has 5 heteroatoms. The fourth-order valence-corrected chi connectivity index (χ4v) is 3.42. The Morgan fingerprint density at radius 1 is 1.58 bits per heavy atom. The molecular formula is C14H23N3OS. The van der Waals surface area contributed by atoms with Gasteiger partial charge in [-0.2, -0.15) is 11.8 Å². The topological polar surface area (TPSA) is 60.0 Å². The second-order valence-corrected chi connectivity index (χ2v) is 6.55. The number of nitrogens with two attached hydrogens (primary N) is 1. The summed E-state index contributed by atoms with van der Waals surface area (Å²) >= 11 is 1.87. The Morgan fingerprint density at radius 2 is 2.32 bits per heavy atom. The molecule has 1 amide bonds. The van der Waals surface area contributed by atoms with Gasteiger partial charge in [0, 0.05) is 24.0 Å². The highest BCUT2D eigenvalue weighted by molar-refractivity contribution is 8.00. The van der Waals surface area contributed by atoms with Crippen LogP contribution in [0, 0.1) is 0 Å². The zero-order valence-corrected chi connectivity index (χ0v) is 12.6. The van der Waals surface area contributed by atoms with Crippen molar-refractivity contribution < 1.29 is 4.79 Å². The lowest BCUT2D eigenvalue weighted by molar-refractivity contribution is 0.0934. The van der Waals surface area contributed by atoms with Crippen LogP contribution in [0.5, 0.6) is 0 Å². The molecule has 0 aliphatic heterocycles. The predicted molar refractivity (Wildman–Crippen MR) is 81.6 cm³/mol. The van der Waals surface area contributed by atoms with Gasteiger partial charge in [-0.3, -0.25) is 4.79 Å². The number of carbonyl (C=O) groups is 1. The van der Waals surface area contributed by atoms with Crippen molar-refractivity contribution in [2.45, 2.75) is 43.9 Å². The molecule has 0 unspecified atom stereocenters. The summed E-state index contributed by atoms with van der Waals surface area (Å²) in [4.78, 5) is 12.3. The number of rotatable bonds is 6. The highest BCUT2D eigenvalue weighted by atomic mass is 32.2. The van der Waals surface area contributed by atoms with Gasteiger partial charge in [0.15, 0.2) is 0 Å². The number of nitrogens with one attached hydrogen (secondary N) is 1. The van der Waals surface area contributed by atoms with Gasteiger partial charge < -0.3 is 15.6 Å². The molecule has 1 aromatic heterocycles. The second kappa shape index (κ2) is 5.90. The molecule has 1 fully saturated rings. The van der Waals surface area contributed by atoms with Crippen LogP contribution < -0.4 is 11.1 Å². The smallest absolute Gasteiger partial charge is 0.268 e. The van der Waals surface area contributed by atoms with Crippen molar-refractivity contribution >= 4 is 23.4 Å². The molecule has 19 heavy (non-hydrogen) atoms. The Labute approximate surface area is 119 Å². The number of aromatic nitrogens is 1. The van der Waals surface area contributed by atoms with Crippen molar-refractivity contribution in [1.29, 1.82) is 0 Å². The minimum atomic E-state index is -0.00882. The van der Waals surface area contributed by atoms with Crippen molar-refractivity contribution in [3.8, 4) is 0 Å². The molecule has 106 valence electrons. The van der Waals surface area contributed by atoms with E-state index in [1.54, 1.807) is 6.07 Å². The number of aryl methyl sites for hydroxylation is 1. The van der Waals surface area contributed by atoms with Gasteiger partial charge in [0.1, 0.15) is 5.69 Å². The van der Waals surface area contributed by atoms with E-state index in [1.807, 2.05) is 22.5 Å². The molecule has 0 bridgehead atoms. The van der Waals surface area contributed by atoms with Crippen molar-refractivity contribution in [2.24, 2.45) is 0 Å². The van der Waals surface area contributed by atoms with E-state index in [0.29, 0.717) is 11.4 Å². The molecule has 4 nitrogen and oxygen atoms in total. The second-order valence-electron chi connectivity index (χ2n) is 5.28. The number of hydrogen-bond acceptors (Lipinski definition) is 3. The first-order valence-corrected chi connectivity index (χ1v) is 8.12. The standard InChI is InChI=1S/C14H23N3OS/c1-3-7-17-9-11(15)8-12(17)13(18)16-10-14(19-2)5-4-6-14/h8-9H,3-7,10,15H2,1-2H3,(H,16,18). The van der Waals surface area contributed by atoms with Crippen LogP contribution in [0.2, 0.25) is 0 Å². The molecule has 1 heterocycles. The Hall–Kier alpha value is -1.10. The number of nitrogens with zero attached hydrogens (tertiary/aromatic N) is 1. The fourth-order valence-electron chi connectivity index (χ4n) is 2.51. The van der Waals surface area contributed by atoms with E-state index in [1.165, 1.54) is 19.3 Å². The van der Waals surface area contributed by atoms with Gasteiger partial charge in [-0.1, -0.05) is 13.3 Å². The van der Waals surface area contributed by atoms with Crippen molar-refractivity contribution in [1.82, 2.24) is 9.88 Å². The SMILES string of the molecule is CCCn1cc(N)cc1C(=O)NCC1(SC)CCC1. The molecule has 2 rings (SSSR count). The Morgan fingerprint density at radius 3 is 2.84 bits per heavy atom. The number of amides is 1. The van der Waals surface area contributed by atoms with E-state index in [9.17, 15) is 4.79 Å². The molecule has 0 spiro atoms. The van der Waals surface area contributed by atoms with Crippen LogP contribution in [-0.2, 0) is 6.54 Å². The average Bonchev–Trinajstić information content (AvgIpc) is 2.70. The van der Waals surface area contributed by atoms with Crippen LogP contribution in [0.25, 0.3) is 0 Å². The molecule has 0 atom stereocenters. The Kier molecular flexibility index (Phi) is 4.45. The van der Waals surface area contributed by atoms with E-state index in [0.717, 1.165) is 19.5 Å². The van der Waals surface area contributed by atoms with Crippen LogP contribution in [0.1, 0.15) is 43.1 Å². The molecule has 0 aromatic carbocycles. The average molecular weight is 281 g/mol. The summed E-state index contributed by atoms with van der Waals surface area (Å²) in [7, 11) is 0. The van der Waals surface area contributed by atoms with Crippen molar-refractivity contribution in [3.05, 3.63) is 18.0 Å². The van der Waals surface area contributed by atoms with E-state index >= 15 is 0 Å². The van der Waals surface area contributed by atoms with Crippen LogP contribution in [0.15, 0.2) is 12.3 Å². The van der Waals surface area contributed by atoms with Gasteiger partial charge >= 0.3 is 0 Å². The van der Waals surface area contributed by atoms with Crippen molar-refractivity contribution in [3.63, 3.8) is 0 Å². The zero-order chi connectivity index (χ0) is 13.9. The molecular weight excluding hydrogens is 258 g/mol. The maximum Gasteiger partial charge on any atom is 0.268 e. The molecule has 1 aliphatic rings. The lowest BCUT2D eigenvalue weighted by Gasteiger charge is -2.40. The summed E-state index contributed by atoms with van der Waals surface area (Å²) in [6.45, 7) is 3.67. The Bertz CT molecular complexity index is 446. The van der Waals surface area contributed by atoms with Gasteiger partial charge in [0.2, 0.25) is 0 Å². The summed E-state index contributed by atoms with van der Waals surface area (Å²) in [5.74, 6) is -0.00882. The number of nitrogen functional groups attached to an aromatic ring is 1. The highest BCUT2D eigenvalue weighted by Gasteiger charge is 2.36. The minimum absolute atomic E-state index is 0.00882. The van der Waals surface area contributed by atoms with E-state index < -0.39 is 0 Å². The molecule has 0 radical (unpaired) electrons. The normalized spacial score (nSPS) is 16.9. The predicted octanol–water partition coefficient (Wildman–Crippen LogP) is 2.50. The third kappa shape index (κ3) is 3.08. The highest BCUT2D eigenvalue weighted by Crippen LogP contribution is 2.42. The lowest BCUT2D eigenvalue weighted by atomic mass is 9.84. The third-order valence-corrected chi connectivity index (χ3v) is 5.30. The zero-order valence-electron chi connectivity index (χ0n) is 11.7. The van der Waals surface area contributed by atoms with Crippen LogP contribution >= 0.6 is 11.8 Å². The summed E-state index contributed by atoms with van der Waals surface area (Å²) in [5, 5.41) is 3.07. The first kappa shape index (κ1) is 14.3. The summed E-state index contributed by atoms with van der Waals surface area (Å²) < 4.78 is 2.21. The summed E-state index contributed by atoms with van der Waals surface area (Å²) in [5.41, 5.74) is 7.12. The van der Waals surface area contributed by atoms with Gasteiger partial charge in [0.05, 0.1) is 5.69 Å². The monoisotopic (exact) mass is 281 g/mol. The van der Waals surface area contributed by atoms with Crippen LogP contribution in [-0.4, -0.2) is 28.0 Å². The summed E-state index contributed by atoms with van der Waals surface area (Å²) in [6.07, 6.45) is 8.63. The van der Waals surface area contributed by atoms with Gasteiger partial charge in [-0.25, -0.2) is 0 Å². The largest absolute Gasteiger partial charge is 0.397 e. The maximum atomic E-state index is 12.3. The van der Waals surface area contributed by atoms with Gasteiger partial charge in [0.25, 0.3) is 5.91 Å². The van der Waals surface area contributed by atoms with E-state index in [4.69, 9.17) is 5.73 Å². The van der Waals surface area contributed by atoms with Crippen LogP contribution in [0.4, 0.5) is 5.69 Å². The molecule has 3 N–H and O–H groups in total. The van der Waals surface area contributed by atoms with Crippen LogP contribution in [0.3, 0.4) is 0 Å². The van der Waals surface area contributed by atoms with Crippen molar-refractivity contribution in [2.75, 3.05) is 18.5 Å². The molecule has 1 aliphatic carbocycles. The molecule has 0 saturated heterocycles. The summed E-state index contributed by atoms with van der Waals surface area (Å²) in [6, 6.07) is 1.76. The first-order chi connectivity index (χ1) is 9.10. The molecule has 1 saturated carbocycles. The number of anilines is 1. The van der Waals surface area contributed by atoms with Gasteiger partial charge in [-0.15, -0.1) is 0 Å².